The molecule has 0 radical (unpaired) electrons. The van der Waals surface area contributed by atoms with Crippen LogP contribution in [-0.2, 0) is 6.54 Å². The lowest BCUT2D eigenvalue weighted by atomic mass is 10.2. The Kier molecular flexibility index (Phi) is 4.69. The van der Waals surface area contributed by atoms with Crippen molar-refractivity contribution >= 4 is 17.6 Å². The molecular weight excluding hydrogens is 308 g/mol. The molecule has 3 rings (SSSR count). The number of amides is 2. The van der Waals surface area contributed by atoms with E-state index in [0.717, 1.165) is 18.7 Å². The molecule has 3 aromatic rings. The molecule has 126 valence electrons. The Labute approximate surface area is 139 Å². The number of hydrogen-bond donors (Lipinski definition) is 2. The number of carbonyl (C=O) groups excluding carboxylic acids is 1. The highest BCUT2D eigenvalue weighted by atomic mass is 16.2. The van der Waals surface area contributed by atoms with Gasteiger partial charge in [0.2, 0.25) is 5.78 Å². The van der Waals surface area contributed by atoms with Gasteiger partial charge in [0.15, 0.2) is 5.82 Å². The van der Waals surface area contributed by atoms with Crippen molar-refractivity contribution < 1.29 is 4.79 Å². The van der Waals surface area contributed by atoms with Crippen LogP contribution in [0.5, 0.6) is 0 Å². The molecule has 3 aromatic heterocycles. The summed E-state index contributed by atoms with van der Waals surface area (Å²) in [6.07, 6.45) is 8.80. The number of nitrogens with one attached hydrogen (secondary N) is 2. The van der Waals surface area contributed by atoms with Crippen LogP contribution in [0.3, 0.4) is 0 Å². The van der Waals surface area contributed by atoms with Crippen LogP contribution in [0.25, 0.3) is 5.78 Å². The van der Waals surface area contributed by atoms with E-state index in [1.54, 1.807) is 17.1 Å². The van der Waals surface area contributed by atoms with Gasteiger partial charge in [-0.25, -0.2) is 14.8 Å². The molecule has 2 N–H and O–H groups in total. The highest BCUT2D eigenvalue weighted by Gasteiger charge is 2.17. The molecule has 0 saturated carbocycles. The number of urea groups is 1. The quantitative estimate of drug-likeness (QED) is 0.720. The topological polar surface area (TPSA) is 102 Å². The summed E-state index contributed by atoms with van der Waals surface area (Å²) in [5.41, 5.74) is 0.765. The van der Waals surface area contributed by atoms with Gasteiger partial charge in [-0.15, -0.1) is 5.10 Å². The number of nitrogens with zero attached hydrogens (tertiary/aromatic N) is 6. The first-order valence-corrected chi connectivity index (χ1v) is 7.97. The van der Waals surface area contributed by atoms with Crippen LogP contribution >= 0.6 is 0 Å². The van der Waals surface area contributed by atoms with Gasteiger partial charge in [0.1, 0.15) is 0 Å². The van der Waals surface area contributed by atoms with Crippen molar-refractivity contribution in [2.24, 2.45) is 0 Å². The molecule has 0 aliphatic heterocycles. The van der Waals surface area contributed by atoms with Gasteiger partial charge in [0.05, 0.1) is 17.9 Å². The monoisotopic (exact) mass is 328 g/mol. The number of hydrogen-bond acceptors (Lipinski definition) is 5. The van der Waals surface area contributed by atoms with Crippen LogP contribution in [0.4, 0.5) is 10.6 Å². The van der Waals surface area contributed by atoms with Crippen molar-refractivity contribution in [3.8, 4) is 0 Å². The molecule has 3 heterocycles. The fourth-order valence-corrected chi connectivity index (χ4v) is 2.41. The maximum Gasteiger partial charge on any atom is 0.321 e. The van der Waals surface area contributed by atoms with Crippen LogP contribution in [0.15, 0.2) is 30.9 Å². The molecule has 0 aliphatic carbocycles. The third-order valence-electron chi connectivity index (χ3n) is 3.56. The Bertz CT molecular complexity index is 791. The standard InChI is InChI=1S/C15H20N8O/c1-3-7-23-10-13(20-21-23)19-15(24)18-11(4-2)12-9-22-8-5-6-16-14(22)17-12/h5-6,8-11H,3-4,7H2,1-2H3,(H2,18,19,24)/t11-/m0/s1. The van der Waals surface area contributed by atoms with Crippen molar-refractivity contribution in [3.05, 3.63) is 36.5 Å². The zero-order chi connectivity index (χ0) is 16.9. The van der Waals surface area contributed by atoms with Gasteiger partial charge in [0, 0.05) is 25.1 Å². The van der Waals surface area contributed by atoms with Crippen LogP contribution in [0, 0.1) is 0 Å². The molecular formula is C15H20N8O. The molecule has 0 spiro atoms. The minimum atomic E-state index is -0.338. The van der Waals surface area contributed by atoms with Gasteiger partial charge < -0.3 is 5.32 Å². The molecule has 9 nitrogen and oxygen atoms in total. The smallest absolute Gasteiger partial charge is 0.321 e. The molecule has 0 unspecified atom stereocenters. The number of carbonyl (C=O) groups is 1. The lowest BCUT2D eigenvalue weighted by Gasteiger charge is -2.14. The van der Waals surface area contributed by atoms with Crippen LogP contribution in [0.1, 0.15) is 38.4 Å². The number of rotatable bonds is 6. The first kappa shape index (κ1) is 15.9. The zero-order valence-corrected chi connectivity index (χ0v) is 13.7. The molecule has 1 atom stereocenters. The predicted octanol–water partition coefficient (Wildman–Crippen LogP) is 2.00. The molecule has 0 aromatic carbocycles. The summed E-state index contributed by atoms with van der Waals surface area (Å²) < 4.78 is 3.52. The Balaban J connectivity index is 1.66. The zero-order valence-electron chi connectivity index (χ0n) is 13.7. The Morgan fingerprint density at radius 2 is 2.21 bits per heavy atom. The Morgan fingerprint density at radius 3 is 2.96 bits per heavy atom. The van der Waals surface area contributed by atoms with E-state index >= 15 is 0 Å². The summed E-state index contributed by atoms with van der Waals surface area (Å²) in [6, 6.07) is 1.28. The summed E-state index contributed by atoms with van der Waals surface area (Å²) >= 11 is 0. The normalized spacial score (nSPS) is 12.2. The third kappa shape index (κ3) is 3.50. The molecule has 0 fully saturated rings. The van der Waals surface area contributed by atoms with E-state index < -0.39 is 0 Å². The van der Waals surface area contributed by atoms with E-state index in [4.69, 9.17) is 0 Å². The lowest BCUT2D eigenvalue weighted by Crippen LogP contribution is -2.32. The molecule has 0 saturated heterocycles. The SMILES string of the molecule is CCCn1cc(NC(=O)N[C@@H](CC)c2cn3cccnc3n2)nn1. The molecule has 2 amide bonds. The number of aryl methyl sites for hydroxylation is 1. The van der Waals surface area contributed by atoms with E-state index in [0.29, 0.717) is 18.0 Å². The van der Waals surface area contributed by atoms with E-state index in [1.165, 1.54) is 0 Å². The fraction of sp³-hybridized carbons (Fsp3) is 0.400. The van der Waals surface area contributed by atoms with Crippen LogP contribution in [-0.4, -0.2) is 35.4 Å². The number of aromatic nitrogens is 6. The van der Waals surface area contributed by atoms with E-state index in [-0.39, 0.29) is 12.1 Å². The first-order chi connectivity index (χ1) is 11.7. The molecule has 9 heteroatoms. The van der Waals surface area contributed by atoms with E-state index in [9.17, 15) is 4.79 Å². The molecule has 0 bridgehead atoms. The van der Waals surface area contributed by atoms with Gasteiger partial charge in [-0.05, 0) is 18.9 Å². The minimum Gasteiger partial charge on any atom is -0.329 e. The fourth-order valence-electron chi connectivity index (χ4n) is 2.41. The summed E-state index contributed by atoms with van der Waals surface area (Å²) in [4.78, 5) is 20.8. The average molecular weight is 328 g/mol. The van der Waals surface area contributed by atoms with Crippen molar-refractivity contribution in [3.63, 3.8) is 0 Å². The third-order valence-corrected chi connectivity index (χ3v) is 3.56. The van der Waals surface area contributed by atoms with Crippen LogP contribution in [0.2, 0.25) is 0 Å². The number of imidazole rings is 1. The first-order valence-electron chi connectivity index (χ1n) is 7.97. The van der Waals surface area contributed by atoms with Gasteiger partial charge in [-0.1, -0.05) is 19.1 Å². The van der Waals surface area contributed by atoms with Crippen LogP contribution < -0.4 is 10.6 Å². The maximum atomic E-state index is 12.2. The highest BCUT2D eigenvalue weighted by Crippen LogP contribution is 2.16. The van der Waals surface area contributed by atoms with Crippen molar-refractivity contribution in [2.75, 3.05) is 5.32 Å². The lowest BCUT2D eigenvalue weighted by molar-refractivity contribution is 0.248. The van der Waals surface area contributed by atoms with Gasteiger partial charge in [0.25, 0.3) is 0 Å². The van der Waals surface area contributed by atoms with Crippen molar-refractivity contribution in [1.29, 1.82) is 0 Å². The second-order valence-corrected chi connectivity index (χ2v) is 5.42. The molecule has 0 aliphatic rings. The van der Waals surface area contributed by atoms with Gasteiger partial charge in [-0.3, -0.25) is 14.4 Å². The van der Waals surface area contributed by atoms with Gasteiger partial charge >= 0.3 is 6.03 Å². The van der Waals surface area contributed by atoms with Crippen molar-refractivity contribution in [2.45, 2.75) is 39.3 Å². The number of anilines is 1. The highest BCUT2D eigenvalue weighted by molar-refractivity contribution is 5.88. The summed E-state index contributed by atoms with van der Waals surface area (Å²) in [6.45, 7) is 4.80. The van der Waals surface area contributed by atoms with Crippen molar-refractivity contribution in [1.82, 2.24) is 34.7 Å². The second kappa shape index (κ2) is 7.07. The van der Waals surface area contributed by atoms with E-state index in [2.05, 4.69) is 37.8 Å². The van der Waals surface area contributed by atoms with Gasteiger partial charge in [-0.2, -0.15) is 0 Å². The maximum absolute atomic E-state index is 12.2. The minimum absolute atomic E-state index is 0.211. The number of fused-ring (bicyclic) bond motifs is 1. The second-order valence-electron chi connectivity index (χ2n) is 5.42. The largest absolute Gasteiger partial charge is 0.329 e. The summed E-state index contributed by atoms with van der Waals surface area (Å²) in [5, 5.41) is 13.5. The Morgan fingerprint density at radius 1 is 1.33 bits per heavy atom. The predicted molar refractivity (Wildman–Crippen MR) is 88.5 cm³/mol. The van der Waals surface area contributed by atoms with E-state index in [1.807, 2.05) is 29.8 Å². The molecule has 24 heavy (non-hydrogen) atoms. The summed E-state index contributed by atoms with van der Waals surface area (Å²) in [5.74, 6) is 1.03. The Hall–Kier alpha value is -2.97. The summed E-state index contributed by atoms with van der Waals surface area (Å²) in [7, 11) is 0. The average Bonchev–Trinajstić information content (AvgIpc) is 3.19.